The molecule has 2 aromatic rings. The molecule has 0 aliphatic carbocycles. The molecule has 4 heteroatoms. The Hall–Kier alpha value is -2.02. The van der Waals surface area contributed by atoms with E-state index in [4.69, 9.17) is 5.26 Å². The summed E-state index contributed by atoms with van der Waals surface area (Å²) in [5.41, 5.74) is 0.610. The third-order valence-electron chi connectivity index (χ3n) is 2.52. The largest absolute Gasteiger partial charge is 0.264 e. The number of nitrogens with zero attached hydrogens (tertiary/aromatic N) is 2. The van der Waals surface area contributed by atoms with E-state index >= 15 is 0 Å². The number of hydrogen-bond donors (Lipinski definition) is 0. The Morgan fingerprint density at radius 2 is 2.00 bits per heavy atom. The zero-order valence-electron chi connectivity index (χ0n) is 8.54. The van der Waals surface area contributed by atoms with Crippen molar-refractivity contribution < 1.29 is 8.78 Å². The first-order chi connectivity index (χ1) is 7.65. The molecule has 0 saturated carbocycles. The first-order valence-electron chi connectivity index (χ1n) is 4.76. The lowest BCUT2D eigenvalue weighted by atomic mass is 9.98. The average Bonchev–Trinajstić information content (AvgIpc) is 2.32. The van der Waals surface area contributed by atoms with Crippen molar-refractivity contribution in [1.82, 2.24) is 4.98 Å². The van der Waals surface area contributed by atoms with Crippen LogP contribution in [-0.2, 0) is 0 Å². The van der Waals surface area contributed by atoms with E-state index in [1.165, 1.54) is 18.5 Å². The molecule has 0 radical (unpaired) electrons. The van der Waals surface area contributed by atoms with Crippen LogP contribution in [0, 0.1) is 23.0 Å². The minimum Gasteiger partial charge on any atom is -0.264 e. The second kappa shape index (κ2) is 3.86. The Bertz CT molecular complexity index is 587. The summed E-state index contributed by atoms with van der Waals surface area (Å²) >= 11 is 0. The van der Waals surface area contributed by atoms with Crippen LogP contribution in [-0.4, -0.2) is 4.98 Å². The molecule has 0 unspecified atom stereocenters. The van der Waals surface area contributed by atoms with E-state index in [0.29, 0.717) is 10.9 Å². The van der Waals surface area contributed by atoms with Crippen LogP contribution < -0.4 is 0 Å². The summed E-state index contributed by atoms with van der Waals surface area (Å²) in [7, 11) is 0. The molecule has 0 fully saturated rings. The van der Waals surface area contributed by atoms with Crippen molar-refractivity contribution in [2.24, 2.45) is 0 Å². The molecule has 1 heterocycles. The summed E-state index contributed by atoms with van der Waals surface area (Å²) < 4.78 is 26.4. The lowest BCUT2D eigenvalue weighted by Gasteiger charge is -2.07. The van der Waals surface area contributed by atoms with E-state index in [9.17, 15) is 8.78 Å². The molecule has 1 aromatic heterocycles. The van der Waals surface area contributed by atoms with Crippen LogP contribution in [0.15, 0.2) is 24.5 Å². The Morgan fingerprint density at radius 3 is 2.69 bits per heavy atom. The summed E-state index contributed by atoms with van der Waals surface area (Å²) in [6.07, 6.45) is 2.77. The first-order valence-corrected chi connectivity index (χ1v) is 4.76. The van der Waals surface area contributed by atoms with Crippen LogP contribution in [0.1, 0.15) is 18.4 Å². The molecule has 2 rings (SSSR count). The van der Waals surface area contributed by atoms with Crippen molar-refractivity contribution in [2.75, 3.05) is 0 Å². The van der Waals surface area contributed by atoms with Crippen LogP contribution in [0.25, 0.3) is 10.8 Å². The number of rotatable bonds is 1. The van der Waals surface area contributed by atoms with Gasteiger partial charge in [-0.15, -0.1) is 0 Å². The molecule has 0 bridgehead atoms. The molecule has 0 N–H and O–H groups in total. The molecule has 0 aliphatic rings. The van der Waals surface area contributed by atoms with Gasteiger partial charge in [0, 0.05) is 17.8 Å². The normalized spacial score (nSPS) is 12.4. The molecular weight excluding hydrogens is 210 g/mol. The number of hydrogen-bond acceptors (Lipinski definition) is 2. The number of halogens is 2. The lowest BCUT2D eigenvalue weighted by Crippen LogP contribution is -1.95. The smallest absolute Gasteiger partial charge is 0.168 e. The fourth-order valence-corrected chi connectivity index (χ4v) is 1.62. The minimum atomic E-state index is -0.919. The van der Waals surface area contributed by atoms with Gasteiger partial charge in [-0.3, -0.25) is 4.98 Å². The van der Waals surface area contributed by atoms with Crippen LogP contribution in [0.2, 0.25) is 0 Å². The van der Waals surface area contributed by atoms with Gasteiger partial charge in [0.1, 0.15) is 0 Å². The first kappa shape index (κ1) is 10.5. The molecule has 0 amide bonds. The van der Waals surface area contributed by atoms with E-state index in [0.717, 1.165) is 6.07 Å². The summed E-state index contributed by atoms with van der Waals surface area (Å²) in [6.45, 7) is 1.69. The van der Waals surface area contributed by atoms with Crippen molar-refractivity contribution in [1.29, 1.82) is 5.26 Å². The minimum absolute atomic E-state index is 0.111. The highest BCUT2D eigenvalue weighted by molar-refractivity contribution is 5.86. The van der Waals surface area contributed by atoms with Gasteiger partial charge in [0.25, 0.3) is 0 Å². The van der Waals surface area contributed by atoms with Crippen molar-refractivity contribution >= 4 is 10.8 Å². The highest BCUT2D eigenvalue weighted by atomic mass is 19.2. The fraction of sp³-hybridized carbons (Fsp3) is 0.167. The van der Waals surface area contributed by atoms with Gasteiger partial charge >= 0.3 is 0 Å². The second-order valence-corrected chi connectivity index (χ2v) is 3.54. The Kier molecular flexibility index (Phi) is 2.53. The number of nitriles is 1. The number of benzene rings is 1. The molecule has 0 aliphatic heterocycles. The monoisotopic (exact) mass is 218 g/mol. The molecule has 1 atom stereocenters. The van der Waals surface area contributed by atoms with E-state index < -0.39 is 17.6 Å². The number of pyridine rings is 1. The third-order valence-corrected chi connectivity index (χ3v) is 2.52. The Morgan fingerprint density at radius 1 is 1.25 bits per heavy atom. The molecule has 80 valence electrons. The maximum absolute atomic E-state index is 13.4. The molecule has 0 saturated heterocycles. The predicted octanol–water partition coefficient (Wildman–Crippen LogP) is 3.14. The van der Waals surface area contributed by atoms with Crippen LogP contribution >= 0.6 is 0 Å². The van der Waals surface area contributed by atoms with Gasteiger partial charge in [0.05, 0.1) is 12.0 Å². The van der Waals surface area contributed by atoms with Crippen molar-refractivity contribution in [2.45, 2.75) is 12.8 Å². The van der Waals surface area contributed by atoms with Gasteiger partial charge < -0.3 is 0 Å². The molecule has 2 nitrogen and oxygen atoms in total. The maximum Gasteiger partial charge on any atom is 0.168 e. The van der Waals surface area contributed by atoms with Gasteiger partial charge in [-0.25, -0.2) is 8.78 Å². The van der Waals surface area contributed by atoms with Crippen molar-refractivity contribution in [3.05, 3.63) is 41.7 Å². The lowest BCUT2D eigenvalue weighted by molar-refractivity contribution is 0.516. The van der Waals surface area contributed by atoms with Gasteiger partial charge in [0.2, 0.25) is 0 Å². The number of fused-ring (bicyclic) bond motifs is 1. The molecule has 0 spiro atoms. The average molecular weight is 218 g/mol. The van der Waals surface area contributed by atoms with E-state index in [2.05, 4.69) is 11.1 Å². The predicted molar refractivity (Wildman–Crippen MR) is 55.7 cm³/mol. The van der Waals surface area contributed by atoms with Crippen LogP contribution in [0.4, 0.5) is 8.78 Å². The van der Waals surface area contributed by atoms with Gasteiger partial charge in [0.15, 0.2) is 11.6 Å². The quantitative estimate of drug-likeness (QED) is 0.737. The highest BCUT2D eigenvalue weighted by Crippen LogP contribution is 2.26. The van der Waals surface area contributed by atoms with E-state index in [-0.39, 0.29) is 5.39 Å². The van der Waals surface area contributed by atoms with E-state index in [1.807, 2.05) is 0 Å². The van der Waals surface area contributed by atoms with Crippen molar-refractivity contribution in [3.8, 4) is 6.07 Å². The zero-order chi connectivity index (χ0) is 11.7. The van der Waals surface area contributed by atoms with Gasteiger partial charge in [-0.05, 0) is 23.9 Å². The highest BCUT2D eigenvalue weighted by Gasteiger charge is 2.13. The fourth-order valence-electron chi connectivity index (χ4n) is 1.62. The third kappa shape index (κ3) is 1.50. The molecule has 16 heavy (non-hydrogen) atoms. The van der Waals surface area contributed by atoms with Crippen LogP contribution in [0.5, 0.6) is 0 Å². The van der Waals surface area contributed by atoms with Gasteiger partial charge in [-0.2, -0.15) is 5.26 Å². The molecular formula is C12H8F2N2. The summed E-state index contributed by atoms with van der Waals surface area (Å²) in [4.78, 5) is 3.83. The van der Waals surface area contributed by atoms with Crippen LogP contribution in [0.3, 0.4) is 0 Å². The Labute approximate surface area is 91.2 Å². The zero-order valence-corrected chi connectivity index (χ0v) is 8.54. The summed E-state index contributed by atoms with van der Waals surface area (Å²) in [5.74, 6) is -2.23. The summed E-state index contributed by atoms with van der Waals surface area (Å²) in [6, 6.07) is 4.58. The summed E-state index contributed by atoms with van der Waals surface area (Å²) in [5, 5.41) is 9.47. The maximum atomic E-state index is 13.4. The standard InChI is InChI=1S/C12H8F2N2/c1-7(4-15)9-5-16-6-10-8(9)2-3-11(13)12(10)14/h2-3,5-7H,1H3/t7-/m0/s1. The van der Waals surface area contributed by atoms with Crippen molar-refractivity contribution in [3.63, 3.8) is 0 Å². The topological polar surface area (TPSA) is 36.7 Å². The van der Waals surface area contributed by atoms with E-state index in [1.54, 1.807) is 6.92 Å². The molecule has 1 aromatic carbocycles. The SMILES string of the molecule is C[C@@H](C#N)c1cncc2c(F)c(F)ccc12. The Balaban J connectivity index is 2.81. The second-order valence-electron chi connectivity index (χ2n) is 3.54. The van der Waals surface area contributed by atoms with Gasteiger partial charge in [-0.1, -0.05) is 6.07 Å². The number of aromatic nitrogens is 1.